The van der Waals surface area contributed by atoms with Crippen molar-refractivity contribution >= 4 is 47.0 Å². The van der Waals surface area contributed by atoms with Crippen LogP contribution in [0.15, 0.2) is 51.9 Å². The van der Waals surface area contributed by atoms with Crippen LogP contribution in [-0.2, 0) is 11.8 Å². The fourth-order valence-electron chi connectivity index (χ4n) is 2.07. The van der Waals surface area contributed by atoms with Crippen molar-refractivity contribution < 1.29 is 4.74 Å². The second-order valence-corrected chi connectivity index (χ2v) is 5.63. The van der Waals surface area contributed by atoms with E-state index in [1.54, 1.807) is 11.3 Å². The van der Waals surface area contributed by atoms with Gasteiger partial charge in [0.25, 0.3) is 0 Å². The summed E-state index contributed by atoms with van der Waals surface area (Å²) in [6.07, 6.45) is 2.00. The molecule has 0 atom stereocenters. The molecule has 2 heterocycles. The standard InChI is InChI=1S/C15H18N4OS.HI/c1-18-9-12-21-15(18)17-14(19-7-10-20-11-8-19)16-13-5-3-2-4-6-13;/h2-6,9,12H,7-8,10-11H2,1H3;1H. The summed E-state index contributed by atoms with van der Waals surface area (Å²) in [6, 6.07) is 9.94. The lowest BCUT2D eigenvalue weighted by atomic mass is 10.3. The van der Waals surface area contributed by atoms with Gasteiger partial charge in [-0.25, -0.2) is 4.99 Å². The highest BCUT2D eigenvalue weighted by atomic mass is 127. The van der Waals surface area contributed by atoms with Gasteiger partial charge in [-0.3, -0.25) is 0 Å². The van der Waals surface area contributed by atoms with Crippen molar-refractivity contribution in [2.24, 2.45) is 17.0 Å². The van der Waals surface area contributed by atoms with Crippen molar-refractivity contribution in [1.82, 2.24) is 9.47 Å². The Morgan fingerprint density at radius 2 is 1.91 bits per heavy atom. The minimum Gasteiger partial charge on any atom is -0.378 e. The summed E-state index contributed by atoms with van der Waals surface area (Å²) in [5, 5.41) is 2.03. The quantitative estimate of drug-likeness (QED) is 0.397. The number of morpholine rings is 1. The largest absolute Gasteiger partial charge is 0.378 e. The monoisotopic (exact) mass is 430 g/mol. The van der Waals surface area contributed by atoms with Gasteiger partial charge >= 0.3 is 0 Å². The third kappa shape index (κ3) is 4.40. The molecule has 22 heavy (non-hydrogen) atoms. The van der Waals surface area contributed by atoms with Gasteiger partial charge in [-0.15, -0.1) is 35.3 Å². The number of rotatable bonds is 1. The predicted octanol–water partition coefficient (Wildman–Crippen LogP) is 2.63. The van der Waals surface area contributed by atoms with Gasteiger partial charge in [-0.05, 0) is 12.1 Å². The van der Waals surface area contributed by atoms with Crippen LogP contribution in [0.3, 0.4) is 0 Å². The zero-order valence-corrected chi connectivity index (χ0v) is 15.5. The third-order valence-electron chi connectivity index (χ3n) is 3.23. The first-order valence-electron chi connectivity index (χ1n) is 6.94. The second kappa shape index (κ2) is 8.44. The number of hydrogen-bond donors (Lipinski definition) is 0. The highest BCUT2D eigenvalue weighted by molar-refractivity contribution is 14.0. The molecule has 0 N–H and O–H groups in total. The van der Waals surface area contributed by atoms with Crippen LogP contribution in [0, 0.1) is 0 Å². The van der Waals surface area contributed by atoms with E-state index in [0.29, 0.717) is 0 Å². The smallest absolute Gasteiger partial charge is 0.228 e. The van der Waals surface area contributed by atoms with Crippen LogP contribution in [-0.4, -0.2) is 41.7 Å². The molecule has 1 aliphatic heterocycles. The van der Waals surface area contributed by atoms with E-state index < -0.39 is 0 Å². The van der Waals surface area contributed by atoms with Crippen LogP contribution in [0.2, 0.25) is 0 Å². The molecule has 2 aromatic rings. The Labute approximate surface area is 151 Å². The molecule has 1 aromatic carbocycles. The van der Waals surface area contributed by atoms with Crippen molar-refractivity contribution in [3.05, 3.63) is 46.7 Å². The number of nitrogens with zero attached hydrogens (tertiary/aromatic N) is 4. The average Bonchev–Trinajstić information content (AvgIpc) is 2.94. The van der Waals surface area contributed by atoms with E-state index in [4.69, 9.17) is 14.7 Å². The van der Waals surface area contributed by atoms with Crippen LogP contribution >= 0.6 is 35.3 Å². The number of aromatic nitrogens is 1. The molecular weight excluding hydrogens is 411 g/mol. The van der Waals surface area contributed by atoms with Gasteiger partial charge in [-0.1, -0.05) is 18.2 Å². The Bertz CT molecular complexity index is 674. The Kier molecular flexibility index (Phi) is 6.59. The first kappa shape index (κ1) is 17.2. The van der Waals surface area contributed by atoms with Gasteiger partial charge in [0, 0.05) is 31.7 Å². The fraction of sp³-hybridized carbons (Fsp3) is 0.333. The minimum absolute atomic E-state index is 0. The summed E-state index contributed by atoms with van der Waals surface area (Å²) in [6.45, 7) is 3.09. The van der Waals surface area contributed by atoms with E-state index in [1.165, 1.54) is 0 Å². The van der Waals surface area contributed by atoms with Gasteiger partial charge in [0.05, 0.1) is 18.9 Å². The lowest BCUT2D eigenvalue weighted by molar-refractivity contribution is 0.0675. The Morgan fingerprint density at radius 3 is 2.55 bits per heavy atom. The molecule has 118 valence electrons. The molecule has 0 bridgehead atoms. The molecule has 3 rings (SSSR count). The number of benzene rings is 1. The van der Waals surface area contributed by atoms with E-state index in [2.05, 4.69) is 4.90 Å². The fourth-order valence-corrected chi connectivity index (χ4v) is 2.79. The van der Waals surface area contributed by atoms with Crippen LogP contribution in [0.25, 0.3) is 0 Å². The summed E-state index contributed by atoms with van der Waals surface area (Å²) in [7, 11) is 1.99. The Hall–Kier alpha value is -1.19. The number of aryl methyl sites for hydroxylation is 1. The number of aliphatic imine (C=N–C) groups is 1. The summed E-state index contributed by atoms with van der Waals surface area (Å²) >= 11 is 1.61. The van der Waals surface area contributed by atoms with Crippen LogP contribution < -0.4 is 4.80 Å². The van der Waals surface area contributed by atoms with E-state index in [0.717, 1.165) is 42.8 Å². The maximum atomic E-state index is 5.42. The Morgan fingerprint density at radius 1 is 1.18 bits per heavy atom. The number of halogens is 1. The second-order valence-electron chi connectivity index (χ2n) is 4.76. The van der Waals surface area contributed by atoms with E-state index in [1.807, 2.05) is 53.5 Å². The highest BCUT2D eigenvalue weighted by Crippen LogP contribution is 2.12. The maximum Gasteiger partial charge on any atom is 0.228 e. The van der Waals surface area contributed by atoms with Crippen molar-refractivity contribution in [2.75, 3.05) is 26.3 Å². The van der Waals surface area contributed by atoms with E-state index >= 15 is 0 Å². The molecule has 1 fully saturated rings. The SMILES string of the molecule is Cn1ccsc1=NC(=Nc1ccccc1)N1CCOCC1.I. The van der Waals surface area contributed by atoms with Gasteiger partial charge in [0.1, 0.15) is 0 Å². The molecule has 7 heteroatoms. The molecule has 0 spiro atoms. The van der Waals surface area contributed by atoms with Crippen LogP contribution in [0.5, 0.6) is 0 Å². The first-order chi connectivity index (χ1) is 10.3. The van der Waals surface area contributed by atoms with Gasteiger partial charge in [-0.2, -0.15) is 4.99 Å². The van der Waals surface area contributed by atoms with Crippen molar-refractivity contribution in [3.8, 4) is 0 Å². The van der Waals surface area contributed by atoms with Gasteiger partial charge in [0.2, 0.25) is 5.96 Å². The van der Waals surface area contributed by atoms with E-state index in [9.17, 15) is 0 Å². The summed E-state index contributed by atoms with van der Waals surface area (Å²) in [5.41, 5.74) is 0.918. The molecule has 5 nitrogen and oxygen atoms in total. The van der Waals surface area contributed by atoms with Gasteiger partial charge in [0.15, 0.2) is 4.80 Å². The number of ether oxygens (including phenoxy) is 1. The molecule has 0 amide bonds. The number of hydrogen-bond acceptors (Lipinski definition) is 3. The molecular formula is C15H19IN4OS. The zero-order valence-electron chi connectivity index (χ0n) is 12.4. The zero-order chi connectivity index (χ0) is 14.5. The molecule has 1 aromatic heterocycles. The first-order valence-corrected chi connectivity index (χ1v) is 7.82. The molecule has 0 aliphatic carbocycles. The van der Waals surface area contributed by atoms with Crippen molar-refractivity contribution in [3.63, 3.8) is 0 Å². The minimum atomic E-state index is 0. The normalized spacial score (nSPS) is 16.5. The lowest BCUT2D eigenvalue weighted by Gasteiger charge is -2.27. The molecule has 0 saturated carbocycles. The van der Waals surface area contributed by atoms with Gasteiger partial charge < -0.3 is 14.2 Å². The summed E-state index contributed by atoms with van der Waals surface area (Å²) < 4.78 is 7.42. The number of para-hydroxylation sites is 1. The van der Waals surface area contributed by atoms with Crippen molar-refractivity contribution in [2.45, 2.75) is 0 Å². The van der Waals surface area contributed by atoms with Crippen LogP contribution in [0.1, 0.15) is 0 Å². The predicted molar refractivity (Wildman–Crippen MR) is 100 cm³/mol. The highest BCUT2D eigenvalue weighted by Gasteiger charge is 2.15. The molecule has 0 radical (unpaired) electrons. The summed E-state index contributed by atoms with van der Waals surface area (Å²) in [5.74, 6) is 0.752. The lowest BCUT2D eigenvalue weighted by Crippen LogP contribution is -2.40. The molecule has 1 aliphatic rings. The maximum absolute atomic E-state index is 5.42. The summed E-state index contributed by atoms with van der Waals surface area (Å²) in [4.78, 5) is 12.6. The third-order valence-corrected chi connectivity index (χ3v) is 4.08. The number of thiazole rings is 1. The van der Waals surface area contributed by atoms with E-state index in [-0.39, 0.29) is 24.0 Å². The van der Waals surface area contributed by atoms with Crippen LogP contribution in [0.4, 0.5) is 5.69 Å². The molecule has 1 saturated heterocycles. The Balaban J connectivity index is 0.00000176. The molecule has 0 unspecified atom stereocenters. The number of guanidine groups is 1. The average molecular weight is 430 g/mol. The van der Waals surface area contributed by atoms with Crippen molar-refractivity contribution in [1.29, 1.82) is 0 Å². The topological polar surface area (TPSA) is 42.1 Å².